The van der Waals surface area contributed by atoms with Gasteiger partial charge in [0.1, 0.15) is 5.75 Å². The molecule has 0 aliphatic heterocycles. The molecule has 0 bridgehead atoms. The maximum absolute atomic E-state index is 12.0. The number of ether oxygens (including phenoxy) is 1. The highest BCUT2D eigenvalue weighted by atomic mass is 16.5. The van der Waals surface area contributed by atoms with Crippen LogP contribution in [0.15, 0.2) is 30.3 Å². The van der Waals surface area contributed by atoms with E-state index in [0.29, 0.717) is 11.4 Å². The highest BCUT2D eigenvalue weighted by molar-refractivity contribution is 6.03. The summed E-state index contributed by atoms with van der Waals surface area (Å²) in [5, 5.41) is 10.5. The van der Waals surface area contributed by atoms with Crippen molar-refractivity contribution in [3.63, 3.8) is 0 Å². The number of nitrogens with one attached hydrogen (secondary N) is 1. The van der Waals surface area contributed by atoms with Crippen LogP contribution in [0, 0.1) is 13.8 Å². The lowest BCUT2D eigenvalue weighted by Crippen LogP contribution is -2.15. The first-order valence-corrected chi connectivity index (χ1v) is 5.86. The van der Waals surface area contributed by atoms with Crippen molar-refractivity contribution < 1.29 is 9.53 Å². The Morgan fingerprint density at radius 3 is 2.58 bits per heavy atom. The molecule has 0 saturated heterocycles. The largest absolute Gasteiger partial charge is 0.495 e. The average Bonchev–Trinajstić information content (AvgIpc) is 2.39. The number of hydrogen-bond donors (Lipinski definition) is 1. The number of carbonyl (C=O) groups excluding carboxylic acids is 1. The highest BCUT2D eigenvalue weighted by Crippen LogP contribution is 2.25. The van der Waals surface area contributed by atoms with E-state index in [1.165, 1.54) is 0 Å². The van der Waals surface area contributed by atoms with Crippen molar-refractivity contribution in [2.75, 3.05) is 12.4 Å². The van der Waals surface area contributed by atoms with Crippen molar-refractivity contribution in [2.45, 2.75) is 13.8 Å². The Labute approximate surface area is 111 Å². The number of hydrogen-bond acceptors (Lipinski definition) is 4. The lowest BCUT2D eigenvalue weighted by Gasteiger charge is -2.10. The van der Waals surface area contributed by atoms with Gasteiger partial charge >= 0.3 is 0 Å². The molecule has 19 heavy (non-hydrogen) atoms. The van der Waals surface area contributed by atoms with Crippen LogP contribution in [0.25, 0.3) is 0 Å². The maximum Gasteiger partial charge on any atom is 0.276 e. The fourth-order valence-electron chi connectivity index (χ4n) is 1.63. The van der Waals surface area contributed by atoms with Crippen molar-refractivity contribution in [3.05, 3.63) is 47.3 Å². The molecule has 0 saturated carbocycles. The van der Waals surface area contributed by atoms with E-state index in [1.54, 1.807) is 19.2 Å². The molecule has 1 amide bonds. The van der Waals surface area contributed by atoms with Gasteiger partial charge in [-0.2, -0.15) is 5.10 Å². The second-order valence-electron chi connectivity index (χ2n) is 4.22. The van der Waals surface area contributed by atoms with Crippen LogP contribution in [0.1, 0.15) is 21.7 Å². The molecule has 1 N–H and O–H groups in total. The predicted molar refractivity (Wildman–Crippen MR) is 72.5 cm³/mol. The monoisotopic (exact) mass is 257 g/mol. The number of rotatable bonds is 3. The van der Waals surface area contributed by atoms with Gasteiger partial charge in [0.05, 0.1) is 18.5 Å². The molecule has 0 atom stereocenters. The third-order valence-corrected chi connectivity index (χ3v) is 2.63. The zero-order chi connectivity index (χ0) is 13.8. The van der Waals surface area contributed by atoms with Crippen LogP contribution >= 0.6 is 0 Å². The SMILES string of the molecule is COc1ccc(C)cc1NC(=O)c1ccc(C)nn1. The van der Waals surface area contributed by atoms with Gasteiger partial charge in [0.15, 0.2) is 5.69 Å². The van der Waals surface area contributed by atoms with Gasteiger partial charge in [-0.15, -0.1) is 5.10 Å². The minimum atomic E-state index is -0.309. The van der Waals surface area contributed by atoms with E-state index < -0.39 is 0 Å². The number of anilines is 1. The number of nitrogens with zero attached hydrogens (tertiary/aromatic N) is 2. The summed E-state index contributed by atoms with van der Waals surface area (Å²) in [7, 11) is 1.56. The summed E-state index contributed by atoms with van der Waals surface area (Å²) >= 11 is 0. The maximum atomic E-state index is 12.0. The number of amides is 1. The van der Waals surface area contributed by atoms with E-state index in [2.05, 4.69) is 15.5 Å². The summed E-state index contributed by atoms with van der Waals surface area (Å²) in [6.45, 7) is 3.76. The van der Waals surface area contributed by atoms with E-state index in [9.17, 15) is 4.79 Å². The third-order valence-electron chi connectivity index (χ3n) is 2.63. The highest BCUT2D eigenvalue weighted by Gasteiger charge is 2.11. The van der Waals surface area contributed by atoms with Gasteiger partial charge in [0.2, 0.25) is 0 Å². The summed E-state index contributed by atoms with van der Waals surface area (Å²) in [5.41, 5.74) is 2.69. The first kappa shape index (κ1) is 13.0. The van der Waals surface area contributed by atoms with Crippen molar-refractivity contribution in [2.24, 2.45) is 0 Å². The first-order chi connectivity index (χ1) is 9.10. The van der Waals surface area contributed by atoms with Crippen LogP contribution in [-0.2, 0) is 0 Å². The number of benzene rings is 1. The van der Waals surface area contributed by atoms with Crippen LogP contribution in [-0.4, -0.2) is 23.2 Å². The molecule has 0 fully saturated rings. The van der Waals surface area contributed by atoms with Gasteiger partial charge in [-0.05, 0) is 43.7 Å². The summed E-state index contributed by atoms with van der Waals surface area (Å²) < 4.78 is 5.21. The smallest absolute Gasteiger partial charge is 0.276 e. The molecule has 0 aliphatic carbocycles. The van der Waals surface area contributed by atoms with E-state index in [4.69, 9.17) is 4.74 Å². The van der Waals surface area contributed by atoms with E-state index in [0.717, 1.165) is 11.3 Å². The average molecular weight is 257 g/mol. The molecule has 2 rings (SSSR count). The molecule has 5 nitrogen and oxygen atoms in total. The minimum absolute atomic E-state index is 0.272. The molecule has 1 heterocycles. The summed E-state index contributed by atoms with van der Waals surface area (Å²) in [6, 6.07) is 8.96. The number of methoxy groups -OCH3 is 1. The Balaban J connectivity index is 2.23. The summed E-state index contributed by atoms with van der Waals surface area (Å²) in [4.78, 5) is 12.0. The van der Waals surface area contributed by atoms with E-state index in [-0.39, 0.29) is 11.6 Å². The Hall–Kier alpha value is -2.43. The predicted octanol–water partition coefficient (Wildman–Crippen LogP) is 2.35. The van der Waals surface area contributed by atoms with Crippen LogP contribution < -0.4 is 10.1 Å². The van der Waals surface area contributed by atoms with Gasteiger partial charge in [0.25, 0.3) is 5.91 Å². The van der Waals surface area contributed by atoms with Gasteiger partial charge in [-0.3, -0.25) is 4.79 Å². The van der Waals surface area contributed by atoms with Gasteiger partial charge in [-0.1, -0.05) is 6.07 Å². The van der Waals surface area contributed by atoms with Crippen molar-refractivity contribution in [3.8, 4) is 5.75 Å². The van der Waals surface area contributed by atoms with Gasteiger partial charge < -0.3 is 10.1 Å². The third kappa shape index (κ3) is 3.07. The lowest BCUT2D eigenvalue weighted by atomic mass is 10.2. The molecule has 0 radical (unpaired) electrons. The fraction of sp³-hybridized carbons (Fsp3) is 0.214. The number of carbonyl (C=O) groups is 1. The Morgan fingerprint density at radius 2 is 1.95 bits per heavy atom. The van der Waals surface area contributed by atoms with Crippen LogP contribution in [0.4, 0.5) is 5.69 Å². The zero-order valence-electron chi connectivity index (χ0n) is 11.1. The van der Waals surface area contributed by atoms with Gasteiger partial charge in [0, 0.05) is 0 Å². The normalized spacial score (nSPS) is 10.1. The molecule has 0 unspecified atom stereocenters. The molecular formula is C14H15N3O2. The van der Waals surface area contributed by atoms with Crippen LogP contribution in [0.3, 0.4) is 0 Å². The fourth-order valence-corrected chi connectivity index (χ4v) is 1.63. The topological polar surface area (TPSA) is 64.1 Å². The Kier molecular flexibility index (Phi) is 3.75. The zero-order valence-corrected chi connectivity index (χ0v) is 11.1. The molecule has 0 spiro atoms. The molecule has 1 aromatic heterocycles. The molecule has 2 aromatic rings. The van der Waals surface area contributed by atoms with Crippen molar-refractivity contribution >= 4 is 11.6 Å². The Bertz CT molecular complexity index is 594. The molecule has 0 aliphatic rings. The van der Waals surface area contributed by atoms with Gasteiger partial charge in [-0.25, -0.2) is 0 Å². The van der Waals surface area contributed by atoms with Crippen LogP contribution in [0.2, 0.25) is 0 Å². The number of aromatic nitrogens is 2. The van der Waals surface area contributed by atoms with Crippen molar-refractivity contribution in [1.29, 1.82) is 0 Å². The number of aryl methyl sites for hydroxylation is 2. The Morgan fingerprint density at radius 1 is 1.16 bits per heavy atom. The standard InChI is InChI=1S/C14H15N3O2/c1-9-4-7-13(19-3)12(8-9)15-14(18)11-6-5-10(2)16-17-11/h4-8H,1-3H3,(H,15,18). The second kappa shape index (κ2) is 5.48. The second-order valence-corrected chi connectivity index (χ2v) is 4.22. The minimum Gasteiger partial charge on any atom is -0.495 e. The first-order valence-electron chi connectivity index (χ1n) is 5.86. The van der Waals surface area contributed by atoms with Crippen molar-refractivity contribution in [1.82, 2.24) is 10.2 Å². The molecular weight excluding hydrogens is 242 g/mol. The molecule has 98 valence electrons. The summed E-state index contributed by atoms with van der Waals surface area (Å²) in [6.07, 6.45) is 0. The van der Waals surface area contributed by atoms with Crippen LogP contribution in [0.5, 0.6) is 5.75 Å². The summed E-state index contributed by atoms with van der Waals surface area (Å²) in [5.74, 6) is 0.301. The van der Waals surface area contributed by atoms with E-state index in [1.807, 2.05) is 32.0 Å². The van der Waals surface area contributed by atoms with E-state index >= 15 is 0 Å². The molecule has 1 aromatic carbocycles. The molecule has 5 heteroatoms. The lowest BCUT2D eigenvalue weighted by molar-refractivity contribution is 0.102. The quantitative estimate of drug-likeness (QED) is 0.916.